The minimum absolute atomic E-state index is 0.00191. The van der Waals surface area contributed by atoms with Crippen molar-refractivity contribution in [3.8, 4) is 0 Å². The third-order valence-electron chi connectivity index (χ3n) is 8.92. The normalized spacial score (nSPS) is 37.5. The van der Waals surface area contributed by atoms with Crippen LogP contribution in [-0.2, 0) is 33.4 Å². The van der Waals surface area contributed by atoms with E-state index in [1.807, 2.05) is 26.8 Å². The van der Waals surface area contributed by atoms with Crippen molar-refractivity contribution in [2.45, 2.75) is 71.8 Å². The molecule has 4 rings (SSSR count). The molecule has 0 aromatic heterocycles. The van der Waals surface area contributed by atoms with Gasteiger partial charge in [0.2, 0.25) is 5.78 Å². The molecule has 0 saturated heterocycles. The fourth-order valence-electron chi connectivity index (χ4n) is 7.34. The SMILES string of the molecule is CCCOC(=O)O[C@]1(C(=O)COC(C)=O)CC[C@H]2[C@@H]3CCC4=CC(=O)C=C[C@]4(C)[C@H]3C(=O)C[C@@]21C. The fourth-order valence-corrected chi connectivity index (χ4v) is 7.34. The van der Waals surface area contributed by atoms with Crippen molar-refractivity contribution in [3.63, 3.8) is 0 Å². The second kappa shape index (κ2) is 9.03. The van der Waals surface area contributed by atoms with Crippen molar-refractivity contribution in [1.82, 2.24) is 0 Å². The molecular formula is C27H34O8. The number of hydrogen-bond donors (Lipinski definition) is 0. The molecule has 0 aromatic rings. The molecule has 0 aromatic carbocycles. The number of ketones is 3. The lowest BCUT2D eigenvalue weighted by Gasteiger charge is -2.57. The predicted molar refractivity (Wildman–Crippen MR) is 124 cm³/mol. The Labute approximate surface area is 205 Å². The average Bonchev–Trinajstić information content (AvgIpc) is 3.08. The molecule has 3 fully saturated rings. The molecule has 0 N–H and O–H groups in total. The van der Waals surface area contributed by atoms with Crippen LogP contribution in [0.2, 0.25) is 0 Å². The maximum atomic E-state index is 13.8. The molecule has 0 spiro atoms. The Morgan fingerprint density at radius 3 is 2.54 bits per heavy atom. The number of Topliss-reactive ketones (excluding diaryl/α,β-unsaturated/α-hetero) is 2. The van der Waals surface area contributed by atoms with Crippen LogP contribution >= 0.6 is 0 Å². The molecule has 0 radical (unpaired) electrons. The molecule has 0 unspecified atom stereocenters. The second-order valence-electron chi connectivity index (χ2n) is 10.8. The first kappa shape index (κ1) is 25.3. The van der Waals surface area contributed by atoms with Gasteiger partial charge in [0.15, 0.2) is 18.0 Å². The zero-order valence-electron chi connectivity index (χ0n) is 20.9. The van der Waals surface area contributed by atoms with Gasteiger partial charge in [0.25, 0.3) is 0 Å². The molecule has 4 aliphatic rings. The van der Waals surface area contributed by atoms with Crippen molar-refractivity contribution in [3.05, 3.63) is 23.8 Å². The van der Waals surface area contributed by atoms with Crippen LogP contribution in [0, 0.1) is 28.6 Å². The monoisotopic (exact) mass is 486 g/mol. The van der Waals surface area contributed by atoms with E-state index in [4.69, 9.17) is 14.2 Å². The van der Waals surface area contributed by atoms with Crippen LogP contribution in [0.15, 0.2) is 23.8 Å². The lowest BCUT2D eigenvalue weighted by Crippen LogP contribution is -2.62. The van der Waals surface area contributed by atoms with Crippen LogP contribution in [0.25, 0.3) is 0 Å². The van der Waals surface area contributed by atoms with E-state index in [1.165, 1.54) is 6.92 Å². The molecule has 8 heteroatoms. The van der Waals surface area contributed by atoms with Crippen molar-refractivity contribution < 1.29 is 38.2 Å². The van der Waals surface area contributed by atoms with Gasteiger partial charge in [-0.05, 0) is 56.1 Å². The second-order valence-corrected chi connectivity index (χ2v) is 10.8. The van der Waals surface area contributed by atoms with Gasteiger partial charge in [-0.25, -0.2) is 4.79 Å². The van der Waals surface area contributed by atoms with Gasteiger partial charge in [0.1, 0.15) is 5.78 Å². The molecule has 190 valence electrons. The number of carbonyl (C=O) groups is 5. The molecule has 3 saturated carbocycles. The minimum Gasteiger partial charge on any atom is -0.458 e. The van der Waals surface area contributed by atoms with Gasteiger partial charge < -0.3 is 14.2 Å². The highest BCUT2D eigenvalue weighted by molar-refractivity contribution is 6.02. The molecule has 0 bridgehead atoms. The number of rotatable bonds is 6. The zero-order chi connectivity index (χ0) is 25.6. The summed E-state index contributed by atoms with van der Waals surface area (Å²) < 4.78 is 16.0. The molecule has 0 heterocycles. The smallest absolute Gasteiger partial charge is 0.458 e. The number of fused-ring (bicyclic) bond motifs is 5. The van der Waals surface area contributed by atoms with Gasteiger partial charge in [-0.1, -0.05) is 32.4 Å². The molecule has 8 nitrogen and oxygen atoms in total. The zero-order valence-corrected chi connectivity index (χ0v) is 20.9. The third kappa shape index (κ3) is 3.95. The average molecular weight is 487 g/mol. The highest BCUT2D eigenvalue weighted by Crippen LogP contribution is 2.67. The summed E-state index contributed by atoms with van der Waals surface area (Å²) in [7, 11) is 0. The van der Waals surface area contributed by atoms with E-state index in [-0.39, 0.29) is 48.8 Å². The van der Waals surface area contributed by atoms with E-state index in [1.54, 1.807) is 12.2 Å². The number of ether oxygens (including phenoxy) is 3. The van der Waals surface area contributed by atoms with E-state index in [0.717, 1.165) is 5.57 Å². The van der Waals surface area contributed by atoms with E-state index in [0.29, 0.717) is 25.7 Å². The topological polar surface area (TPSA) is 113 Å². The Balaban J connectivity index is 1.71. The number of hydrogen-bond acceptors (Lipinski definition) is 8. The van der Waals surface area contributed by atoms with Crippen LogP contribution in [0.1, 0.15) is 66.2 Å². The number of allylic oxidation sites excluding steroid dienone is 4. The Morgan fingerprint density at radius 1 is 1.11 bits per heavy atom. The third-order valence-corrected chi connectivity index (χ3v) is 8.92. The van der Waals surface area contributed by atoms with Gasteiger partial charge in [-0.2, -0.15) is 0 Å². The summed E-state index contributed by atoms with van der Waals surface area (Å²) in [6, 6.07) is 0. The van der Waals surface area contributed by atoms with Crippen LogP contribution in [0.5, 0.6) is 0 Å². The molecule has 6 atom stereocenters. The predicted octanol–water partition coefficient (Wildman–Crippen LogP) is 3.91. The van der Waals surface area contributed by atoms with Gasteiger partial charge >= 0.3 is 12.1 Å². The summed E-state index contributed by atoms with van der Waals surface area (Å²) in [6.45, 7) is 6.55. The minimum atomic E-state index is -1.62. The largest absolute Gasteiger partial charge is 0.509 e. The van der Waals surface area contributed by atoms with Crippen LogP contribution in [-0.4, -0.2) is 48.3 Å². The maximum Gasteiger partial charge on any atom is 0.509 e. The van der Waals surface area contributed by atoms with Crippen LogP contribution < -0.4 is 0 Å². The Kier molecular flexibility index (Phi) is 6.53. The summed E-state index contributed by atoms with van der Waals surface area (Å²) in [5, 5.41) is 0. The number of esters is 1. The lowest BCUT2D eigenvalue weighted by atomic mass is 9.46. The standard InChI is InChI=1S/C27H34O8/c1-5-12-33-24(32)35-27(22(31)15-34-16(2)28)11-9-20-19-7-6-17-13-18(29)8-10-25(17,3)23(19)21(30)14-26(20,27)4/h8,10,13,19-20,23H,5-7,9,11-12,14-15H2,1-4H3/t19-,20-,23+,25-,26-,27-/m0/s1. The molecular weight excluding hydrogens is 452 g/mol. The van der Waals surface area contributed by atoms with Crippen molar-refractivity contribution in [2.24, 2.45) is 28.6 Å². The van der Waals surface area contributed by atoms with E-state index in [9.17, 15) is 24.0 Å². The number of carbonyl (C=O) groups excluding carboxylic acids is 5. The highest BCUT2D eigenvalue weighted by Gasteiger charge is 2.70. The van der Waals surface area contributed by atoms with Crippen molar-refractivity contribution in [2.75, 3.05) is 13.2 Å². The van der Waals surface area contributed by atoms with Crippen molar-refractivity contribution in [1.29, 1.82) is 0 Å². The Morgan fingerprint density at radius 2 is 1.86 bits per heavy atom. The molecule has 0 amide bonds. The summed E-state index contributed by atoms with van der Waals surface area (Å²) >= 11 is 0. The van der Waals surface area contributed by atoms with Crippen molar-refractivity contribution >= 4 is 29.5 Å². The van der Waals surface area contributed by atoms with Gasteiger partial charge in [-0.15, -0.1) is 0 Å². The van der Waals surface area contributed by atoms with E-state index >= 15 is 0 Å². The molecule has 4 aliphatic carbocycles. The van der Waals surface area contributed by atoms with Crippen LogP contribution in [0.4, 0.5) is 4.79 Å². The quantitative estimate of drug-likeness (QED) is 0.520. The fraction of sp³-hybridized carbons (Fsp3) is 0.667. The first-order chi connectivity index (χ1) is 16.5. The summed E-state index contributed by atoms with van der Waals surface area (Å²) in [5.41, 5.74) is -2.13. The summed E-state index contributed by atoms with van der Waals surface area (Å²) in [6.07, 6.45) is 7.01. The first-order valence-corrected chi connectivity index (χ1v) is 12.5. The lowest BCUT2D eigenvalue weighted by molar-refractivity contribution is -0.176. The van der Waals surface area contributed by atoms with Gasteiger partial charge in [0, 0.05) is 30.1 Å². The highest BCUT2D eigenvalue weighted by atomic mass is 16.7. The molecule has 35 heavy (non-hydrogen) atoms. The van der Waals surface area contributed by atoms with E-state index < -0.39 is 40.9 Å². The maximum absolute atomic E-state index is 13.8. The first-order valence-electron chi connectivity index (χ1n) is 12.5. The Hall–Kier alpha value is -2.77. The Bertz CT molecular complexity index is 1020. The molecule has 0 aliphatic heterocycles. The summed E-state index contributed by atoms with van der Waals surface area (Å²) in [5.74, 6) is -1.59. The van der Waals surface area contributed by atoms with E-state index in [2.05, 4.69) is 0 Å². The van der Waals surface area contributed by atoms with Gasteiger partial charge in [-0.3, -0.25) is 19.2 Å². The summed E-state index contributed by atoms with van der Waals surface area (Å²) in [4.78, 5) is 63.4. The van der Waals surface area contributed by atoms with Gasteiger partial charge in [0.05, 0.1) is 6.61 Å². The van der Waals surface area contributed by atoms with Crippen LogP contribution in [0.3, 0.4) is 0 Å².